The summed E-state index contributed by atoms with van der Waals surface area (Å²) in [6.45, 7) is 0.624. The molecule has 3 nitrogen and oxygen atoms in total. The van der Waals surface area contributed by atoms with E-state index in [0.717, 1.165) is 25.8 Å². The molecule has 3 atom stereocenters. The van der Waals surface area contributed by atoms with Gasteiger partial charge in [0.1, 0.15) is 12.7 Å². The van der Waals surface area contributed by atoms with Crippen LogP contribution in [0.5, 0.6) is 0 Å². The van der Waals surface area contributed by atoms with Gasteiger partial charge in [-0.3, -0.25) is 9.69 Å². The van der Waals surface area contributed by atoms with Crippen LogP contribution < -0.4 is 0 Å². The van der Waals surface area contributed by atoms with Crippen LogP contribution in [0, 0.1) is 11.8 Å². The van der Waals surface area contributed by atoms with Gasteiger partial charge in [0.15, 0.2) is 0 Å². The summed E-state index contributed by atoms with van der Waals surface area (Å²) in [7, 11) is 0. The number of hydrogen-bond acceptors (Lipinski definition) is 2. The van der Waals surface area contributed by atoms with E-state index >= 15 is 0 Å². The summed E-state index contributed by atoms with van der Waals surface area (Å²) in [6, 6.07) is -0.418. The van der Waals surface area contributed by atoms with Crippen molar-refractivity contribution >= 4 is 5.97 Å². The topological polar surface area (TPSA) is 40.5 Å². The van der Waals surface area contributed by atoms with Crippen LogP contribution >= 0.6 is 0 Å². The number of carbonyl (C=O) groups is 1. The second-order valence-electron chi connectivity index (χ2n) is 4.32. The van der Waals surface area contributed by atoms with Gasteiger partial charge in [-0.25, -0.2) is 4.39 Å². The molecule has 0 spiro atoms. The number of alkyl halides is 1. The van der Waals surface area contributed by atoms with E-state index in [1.165, 1.54) is 0 Å². The third-order valence-electron chi connectivity index (χ3n) is 3.61. The van der Waals surface area contributed by atoms with Crippen molar-refractivity contribution in [3.05, 3.63) is 0 Å². The number of hydrogen-bond donors (Lipinski definition) is 1. The quantitative estimate of drug-likeness (QED) is 0.744. The molecule has 0 aromatic rings. The molecule has 2 fully saturated rings. The molecular weight excluding hydrogens is 185 g/mol. The molecule has 0 bridgehead atoms. The lowest BCUT2D eigenvalue weighted by Crippen LogP contribution is -2.40. The maximum Gasteiger partial charge on any atom is 0.321 e. The molecule has 14 heavy (non-hydrogen) atoms. The zero-order chi connectivity index (χ0) is 10.1. The molecule has 2 rings (SSSR count). The number of fused-ring (bicyclic) bond motifs is 1. The van der Waals surface area contributed by atoms with E-state index in [2.05, 4.69) is 0 Å². The van der Waals surface area contributed by atoms with Crippen LogP contribution in [-0.2, 0) is 4.79 Å². The van der Waals surface area contributed by atoms with E-state index in [1.807, 2.05) is 0 Å². The lowest BCUT2D eigenvalue weighted by Gasteiger charge is -2.22. The van der Waals surface area contributed by atoms with E-state index in [9.17, 15) is 9.18 Å². The van der Waals surface area contributed by atoms with E-state index in [1.54, 1.807) is 4.90 Å². The Morgan fingerprint density at radius 3 is 2.93 bits per heavy atom. The summed E-state index contributed by atoms with van der Waals surface area (Å²) in [5.74, 6) is 0.00884. The highest BCUT2D eigenvalue weighted by molar-refractivity contribution is 5.74. The number of carboxylic acid groups (broad SMARTS) is 1. The van der Waals surface area contributed by atoms with Gasteiger partial charge in [-0.1, -0.05) is 6.42 Å². The lowest BCUT2D eigenvalue weighted by atomic mass is 9.94. The number of nitrogens with zero attached hydrogens (tertiary/aromatic N) is 1. The van der Waals surface area contributed by atoms with E-state index < -0.39 is 18.7 Å². The number of rotatable bonds is 3. The monoisotopic (exact) mass is 201 g/mol. The summed E-state index contributed by atoms with van der Waals surface area (Å²) in [6.07, 6.45) is 3.27. The zero-order valence-corrected chi connectivity index (χ0v) is 8.16. The number of aliphatic carboxylic acids is 1. The van der Waals surface area contributed by atoms with Crippen LogP contribution in [0.3, 0.4) is 0 Å². The first-order valence-corrected chi connectivity index (χ1v) is 5.27. The van der Waals surface area contributed by atoms with Crippen LogP contribution in [0.2, 0.25) is 0 Å². The Balaban J connectivity index is 2.09. The van der Waals surface area contributed by atoms with E-state index in [4.69, 9.17) is 5.11 Å². The Morgan fingerprint density at radius 1 is 1.50 bits per heavy atom. The normalized spacial score (nSPS) is 37.4. The first-order chi connectivity index (χ1) is 6.74. The van der Waals surface area contributed by atoms with Crippen molar-refractivity contribution in [2.75, 3.05) is 19.8 Å². The molecule has 2 aliphatic rings. The highest BCUT2D eigenvalue weighted by atomic mass is 19.1. The molecule has 1 heterocycles. The summed E-state index contributed by atoms with van der Waals surface area (Å²) in [5.41, 5.74) is 0. The average Bonchev–Trinajstić information content (AvgIpc) is 2.62. The molecule has 0 aromatic heterocycles. The fourth-order valence-corrected chi connectivity index (χ4v) is 3.07. The maximum absolute atomic E-state index is 12.2. The molecule has 1 N–H and O–H groups in total. The molecule has 80 valence electrons. The van der Waals surface area contributed by atoms with Gasteiger partial charge in [-0.05, 0) is 24.7 Å². The summed E-state index contributed by atoms with van der Waals surface area (Å²) < 4.78 is 12.2. The van der Waals surface area contributed by atoms with Gasteiger partial charge in [0.25, 0.3) is 0 Å². The summed E-state index contributed by atoms with van der Waals surface area (Å²) >= 11 is 0. The Morgan fingerprint density at radius 2 is 2.29 bits per heavy atom. The molecule has 4 heteroatoms. The Kier molecular flexibility index (Phi) is 2.72. The van der Waals surface area contributed by atoms with Crippen LogP contribution in [0.25, 0.3) is 0 Å². The summed E-state index contributed by atoms with van der Waals surface area (Å²) in [4.78, 5) is 12.9. The lowest BCUT2D eigenvalue weighted by molar-refractivity contribution is -0.143. The summed E-state index contributed by atoms with van der Waals surface area (Å²) in [5, 5.41) is 9.09. The third kappa shape index (κ3) is 1.52. The molecule has 1 saturated carbocycles. The maximum atomic E-state index is 12.2. The van der Waals surface area contributed by atoms with Crippen LogP contribution in [0.4, 0.5) is 4.39 Å². The van der Waals surface area contributed by atoms with Gasteiger partial charge < -0.3 is 5.11 Å². The van der Waals surface area contributed by atoms with Gasteiger partial charge >= 0.3 is 5.97 Å². The number of likely N-dealkylation sites (tertiary alicyclic amines) is 1. The van der Waals surface area contributed by atoms with Crippen molar-refractivity contribution in [2.24, 2.45) is 11.8 Å². The molecule has 3 unspecified atom stereocenters. The standard InChI is InChI=1S/C10H16FNO2/c11-4-5-12-6-7-2-1-3-8(7)9(12)10(13)14/h7-9H,1-6H2,(H,13,14). The van der Waals surface area contributed by atoms with Crippen LogP contribution in [0.1, 0.15) is 19.3 Å². The highest BCUT2D eigenvalue weighted by Gasteiger charge is 2.47. The predicted molar refractivity (Wildman–Crippen MR) is 49.8 cm³/mol. The minimum atomic E-state index is -0.771. The fourth-order valence-electron chi connectivity index (χ4n) is 3.07. The SMILES string of the molecule is O=C(O)C1C2CCCC2CN1CCF. The van der Waals surface area contributed by atoms with Gasteiger partial charge in [0.05, 0.1) is 0 Å². The Bertz CT molecular complexity index is 234. The second kappa shape index (κ2) is 3.85. The van der Waals surface area contributed by atoms with Gasteiger partial charge in [0, 0.05) is 13.1 Å². The molecule has 1 aliphatic carbocycles. The van der Waals surface area contributed by atoms with Crippen molar-refractivity contribution < 1.29 is 14.3 Å². The van der Waals surface area contributed by atoms with Crippen molar-refractivity contribution in [1.82, 2.24) is 4.90 Å². The Hall–Kier alpha value is -0.640. The average molecular weight is 201 g/mol. The van der Waals surface area contributed by atoms with E-state index in [0.29, 0.717) is 5.92 Å². The van der Waals surface area contributed by atoms with Gasteiger partial charge in [-0.15, -0.1) is 0 Å². The minimum Gasteiger partial charge on any atom is -0.480 e. The van der Waals surface area contributed by atoms with Crippen molar-refractivity contribution in [1.29, 1.82) is 0 Å². The van der Waals surface area contributed by atoms with Crippen LogP contribution in [0.15, 0.2) is 0 Å². The molecule has 1 aliphatic heterocycles. The van der Waals surface area contributed by atoms with E-state index in [-0.39, 0.29) is 12.5 Å². The van der Waals surface area contributed by atoms with Crippen LogP contribution in [-0.4, -0.2) is 41.8 Å². The van der Waals surface area contributed by atoms with Gasteiger partial charge in [-0.2, -0.15) is 0 Å². The molecule has 0 amide bonds. The molecular formula is C10H16FNO2. The smallest absolute Gasteiger partial charge is 0.321 e. The fraction of sp³-hybridized carbons (Fsp3) is 0.900. The predicted octanol–water partition coefficient (Wildman–Crippen LogP) is 1.14. The number of halogens is 1. The molecule has 0 radical (unpaired) electrons. The Labute approximate surface area is 82.9 Å². The van der Waals surface area contributed by atoms with Crippen molar-refractivity contribution in [3.63, 3.8) is 0 Å². The third-order valence-corrected chi connectivity index (χ3v) is 3.61. The largest absolute Gasteiger partial charge is 0.480 e. The minimum absolute atomic E-state index is 0.277. The second-order valence-corrected chi connectivity index (χ2v) is 4.32. The highest BCUT2D eigenvalue weighted by Crippen LogP contribution is 2.41. The zero-order valence-electron chi connectivity index (χ0n) is 8.16. The van der Waals surface area contributed by atoms with Crippen molar-refractivity contribution in [2.45, 2.75) is 25.3 Å². The molecule has 0 aromatic carbocycles. The molecule has 1 saturated heterocycles. The first kappa shape index (κ1) is 9.90. The van der Waals surface area contributed by atoms with Gasteiger partial charge in [0.2, 0.25) is 0 Å². The first-order valence-electron chi connectivity index (χ1n) is 5.27. The van der Waals surface area contributed by atoms with Crippen molar-refractivity contribution in [3.8, 4) is 0 Å². The number of carboxylic acids is 1.